The van der Waals surface area contributed by atoms with E-state index in [0.29, 0.717) is 29.5 Å². The van der Waals surface area contributed by atoms with Crippen LogP contribution in [0.2, 0.25) is 5.02 Å². The van der Waals surface area contributed by atoms with Gasteiger partial charge in [-0.15, -0.1) is 17.5 Å². The molecule has 2 aromatic carbocycles. The molecule has 8 heteroatoms. The summed E-state index contributed by atoms with van der Waals surface area (Å²) in [5.41, 5.74) is 9.26. The first-order chi connectivity index (χ1) is 13.0. The molecular weight excluding hydrogens is 397 g/mol. The van der Waals surface area contributed by atoms with Crippen molar-refractivity contribution in [3.8, 4) is 5.69 Å². The van der Waals surface area contributed by atoms with Crippen molar-refractivity contribution in [2.24, 2.45) is 5.73 Å². The van der Waals surface area contributed by atoms with Gasteiger partial charge in [0.05, 0.1) is 11.4 Å². The van der Waals surface area contributed by atoms with Gasteiger partial charge in [0.15, 0.2) is 5.69 Å². The molecule has 1 amide bonds. The van der Waals surface area contributed by atoms with Gasteiger partial charge in [-0.3, -0.25) is 4.79 Å². The highest BCUT2D eigenvalue weighted by Crippen LogP contribution is 2.28. The van der Waals surface area contributed by atoms with Crippen LogP contribution in [0.15, 0.2) is 54.6 Å². The van der Waals surface area contributed by atoms with E-state index in [9.17, 15) is 4.79 Å². The highest BCUT2D eigenvalue weighted by Gasteiger charge is 2.35. The average molecular weight is 418 g/mol. The molecule has 146 valence electrons. The normalized spacial score (nSPS) is 18.8. The summed E-state index contributed by atoms with van der Waals surface area (Å²) in [7, 11) is 0. The van der Waals surface area contributed by atoms with Crippen LogP contribution < -0.4 is 5.73 Å². The van der Waals surface area contributed by atoms with Gasteiger partial charge in [-0.2, -0.15) is 0 Å². The summed E-state index contributed by atoms with van der Waals surface area (Å²) in [5.74, 6) is -0.0203. The molecule has 1 saturated heterocycles. The SMILES string of the molecule is Cc1c(C(=O)N2C[C@@H](N)[C@H](c3ccccc3)C2)nnn1-c1cccc(Cl)c1.Cl. The number of hydrogen-bond donors (Lipinski definition) is 1. The molecule has 0 radical (unpaired) electrons. The minimum atomic E-state index is -0.144. The van der Waals surface area contributed by atoms with Gasteiger partial charge in [0, 0.05) is 30.1 Å². The summed E-state index contributed by atoms with van der Waals surface area (Å²) in [5, 5.41) is 8.88. The second kappa shape index (κ2) is 8.31. The van der Waals surface area contributed by atoms with Crippen LogP contribution in [0.25, 0.3) is 5.69 Å². The number of hydrogen-bond acceptors (Lipinski definition) is 4. The first kappa shape index (κ1) is 20.3. The molecule has 6 nitrogen and oxygen atoms in total. The van der Waals surface area contributed by atoms with Crippen molar-refractivity contribution in [1.29, 1.82) is 0 Å². The van der Waals surface area contributed by atoms with E-state index < -0.39 is 0 Å². The molecule has 2 heterocycles. The Morgan fingerprint density at radius 1 is 1.14 bits per heavy atom. The number of carbonyl (C=O) groups excluding carboxylic acids is 1. The van der Waals surface area contributed by atoms with E-state index in [4.69, 9.17) is 17.3 Å². The van der Waals surface area contributed by atoms with Gasteiger partial charge in [-0.1, -0.05) is 53.2 Å². The minimum absolute atomic E-state index is 0. The fraction of sp³-hybridized carbons (Fsp3) is 0.250. The van der Waals surface area contributed by atoms with Gasteiger partial charge >= 0.3 is 0 Å². The zero-order valence-electron chi connectivity index (χ0n) is 15.3. The highest BCUT2D eigenvalue weighted by atomic mass is 35.5. The van der Waals surface area contributed by atoms with E-state index in [2.05, 4.69) is 22.4 Å². The van der Waals surface area contributed by atoms with E-state index in [0.717, 1.165) is 11.3 Å². The van der Waals surface area contributed by atoms with Crippen LogP contribution in [0.3, 0.4) is 0 Å². The highest BCUT2D eigenvalue weighted by molar-refractivity contribution is 6.30. The second-order valence-corrected chi connectivity index (χ2v) is 7.24. The Kier molecular flexibility index (Phi) is 6.03. The maximum Gasteiger partial charge on any atom is 0.276 e. The molecule has 0 spiro atoms. The third kappa shape index (κ3) is 3.76. The number of amides is 1. The first-order valence-electron chi connectivity index (χ1n) is 8.82. The summed E-state index contributed by atoms with van der Waals surface area (Å²) in [6, 6.07) is 17.3. The summed E-state index contributed by atoms with van der Waals surface area (Å²) < 4.78 is 1.63. The number of aromatic nitrogens is 3. The van der Waals surface area contributed by atoms with Crippen LogP contribution >= 0.6 is 24.0 Å². The minimum Gasteiger partial charge on any atom is -0.335 e. The standard InChI is InChI=1S/C20H20ClN5O.ClH/c1-13-19(23-24-26(13)16-9-5-8-15(21)10-16)20(27)25-11-17(18(22)12-25)14-6-3-2-4-7-14;/h2-10,17-18H,11-12,22H2,1H3;1H/t17-,18+;/m0./s1. The van der Waals surface area contributed by atoms with Crippen molar-refractivity contribution in [1.82, 2.24) is 19.9 Å². The fourth-order valence-corrected chi connectivity index (χ4v) is 3.76. The lowest BCUT2D eigenvalue weighted by atomic mass is 9.95. The van der Waals surface area contributed by atoms with Gasteiger partial charge in [0.2, 0.25) is 0 Å². The van der Waals surface area contributed by atoms with Crippen molar-refractivity contribution in [3.05, 3.63) is 76.6 Å². The predicted molar refractivity (Wildman–Crippen MR) is 111 cm³/mol. The van der Waals surface area contributed by atoms with Crippen molar-refractivity contribution < 1.29 is 4.79 Å². The van der Waals surface area contributed by atoms with Gasteiger partial charge in [-0.05, 0) is 30.7 Å². The smallest absolute Gasteiger partial charge is 0.276 e. The predicted octanol–water partition coefficient (Wildman–Crippen LogP) is 3.22. The van der Waals surface area contributed by atoms with E-state index in [-0.39, 0.29) is 30.3 Å². The van der Waals surface area contributed by atoms with Gasteiger partial charge in [-0.25, -0.2) is 4.68 Å². The van der Waals surface area contributed by atoms with Gasteiger partial charge in [0.25, 0.3) is 5.91 Å². The van der Waals surface area contributed by atoms with Crippen LogP contribution in [0.4, 0.5) is 0 Å². The van der Waals surface area contributed by atoms with Crippen LogP contribution in [0, 0.1) is 6.92 Å². The Balaban J connectivity index is 0.00000225. The molecule has 1 aliphatic rings. The van der Waals surface area contributed by atoms with Gasteiger partial charge in [0.1, 0.15) is 0 Å². The maximum absolute atomic E-state index is 13.0. The monoisotopic (exact) mass is 417 g/mol. The lowest BCUT2D eigenvalue weighted by molar-refractivity contribution is 0.0782. The number of benzene rings is 2. The molecule has 0 saturated carbocycles. The van der Waals surface area contributed by atoms with Crippen molar-refractivity contribution in [2.75, 3.05) is 13.1 Å². The molecule has 1 fully saturated rings. The average Bonchev–Trinajstić information content (AvgIpc) is 3.25. The number of rotatable bonds is 3. The molecule has 0 bridgehead atoms. The Morgan fingerprint density at radius 3 is 2.61 bits per heavy atom. The summed E-state index contributed by atoms with van der Waals surface area (Å²) in [4.78, 5) is 14.8. The topological polar surface area (TPSA) is 77.0 Å². The molecule has 28 heavy (non-hydrogen) atoms. The molecule has 3 aromatic rings. The van der Waals surface area contributed by atoms with E-state index in [1.165, 1.54) is 0 Å². The molecule has 1 aromatic heterocycles. The van der Waals surface area contributed by atoms with Crippen LogP contribution in [-0.2, 0) is 0 Å². The largest absolute Gasteiger partial charge is 0.335 e. The Morgan fingerprint density at radius 2 is 1.89 bits per heavy atom. The van der Waals surface area contributed by atoms with Crippen LogP contribution in [0.1, 0.15) is 27.7 Å². The molecule has 2 N–H and O–H groups in total. The quantitative estimate of drug-likeness (QED) is 0.709. The first-order valence-corrected chi connectivity index (χ1v) is 9.20. The van der Waals surface area contributed by atoms with Crippen LogP contribution in [-0.4, -0.2) is 44.9 Å². The van der Waals surface area contributed by atoms with Crippen LogP contribution in [0.5, 0.6) is 0 Å². The fourth-order valence-electron chi connectivity index (χ4n) is 3.58. The zero-order valence-corrected chi connectivity index (χ0v) is 16.9. The van der Waals surface area contributed by atoms with E-state index in [1.54, 1.807) is 21.7 Å². The lowest BCUT2D eigenvalue weighted by Crippen LogP contribution is -2.32. The Labute approximate surface area is 174 Å². The summed E-state index contributed by atoms with van der Waals surface area (Å²) >= 11 is 6.06. The molecule has 2 atom stereocenters. The number of nitrogens with two attached hydrogens (primary N) is 1. The number of carbonyl (C=O) groups is 1. The Bertz CT molecular complexity index is 976. The van der Waals surface area contributed by atoms with Crippen molar-refractivity contribution in [2.45, 2.75) is 18.9 Å². The lowest BCUT2D eigenvalue weighted by Gasteiger charge is -2.15. The van der Waals surface area contributed by atoms with E-state index in [1.807, 2.05) is 37.3 Å². The number of nitrogens with zero attached hydrogens (tertiary/aromatic N) is 4. The summed E-state index contributed by atoms with van der Waals surface area (Å²) in [6.07, 6.45) is 0. The third-order valence-electron chi connectivity index (χ3n) is 5.03. The maximum atomic E-state index is 13.0. The number of halogens is 2. The molecular formula is C20H21Cl2N5O. The molecule has 4 rings (SSSR count). The van der Waals surface area contributed by atoms with E-state index >= 15 is 0 Å². The second-order valence-electron chi connectivity index (χ2n) is 6.81. The molecule has 1 aliphatic heterocycles. The van der Waals surface area contributed by atoms with Crippen molar-refractivity contribution >= 4 is 29.9 Å². The zero-order chi connectivity index (χ0) is 19.0. The molecule has 0 unspecified atom stereocenters. The van der Waals surface area contributed by atoms with Gasteiger partial charge < -0.3 is 10.6 Å². The summed E-state index contributed by atoms with van der Waals surface area (Å²) in [6.45, 7) is 2.91. The molecule has 0 aliphatic carbocycles. The Hall–Kier alpha value is -2.41. The van der Waals surface area contributed by atoms with Crippen molar-refractivity contribution in [3.63, 3.8) is 0 Å². The number of likely N-dealkylation sites (tertiary alicyclic amines) is 1. The third-order valence-corrected chi connectivity index (χ3v) is 5.27.